The third-order valence-electron chi connectivity index (χ3n) is 1.87. The first-order valence-corrected chi connectivity index (χ1v) is 4.67. The van der Waals surface area contributed by atoms with Gasteiger partial charge in [-0.1, -0.05) is 0 Å². The van der Waals surface area contributed by atoms with Crippen molar-refractivity contribution in [3.63, 3.8) is 0 Å². The van der Waals surface area contributed by atoms with Crippen LogP contribution in [0.2, 0.25) is 0 Å². The van der Waals surface area contributed by atoms with Gasteiger partial charge in [-0.15, -0.1) is 11.6 Å². The van der Waals surface area contributed by atoms with Crippen LogP contribution in [0, 0.1) is 0 Å². The zero-order valence-electron chi connectivity index (χ0n) is 7.29. The summed E-state index contributed by atoms with van der Waals surface area (Å²) in [7, 11) is 0. The largest absolute Gasteiger partial charge is 0.426 e. The molecule has 0 fully saturated rings. The molecule has 1 N–H and O–H groups in total. The van der Waals surface area contributed by atoms with E-state index in [1.165, 1.54) is 0 Å². The number of fused-ring (bicyclic) bond motifs is 1. The number of nitrogens with one attached hydrogen (secondary N) is 1. The van der Waals surface area contributed by atoms with Gasteiger partial charge in [-0.05, 0) is 24.3 Å². The monoisotopic (exact) mass is 209 g/mol. The van der Waals surface area contributed by atoms with Crippen LogP contribution in [0.25, 0.3) is 10.9 Å². The molecule has 0 aliphatic heterocycles. The van der Waals surface area contributed by atoms with Gasteiger partial charge in [0.25, 0.3) is 0 Å². The van der Waals surface area contributed by atoms with Crippen molar-refractivity contribution in [3.05, 3.63) is 30.5 Å². The predicted molar refractivity (Wildman–Crippen MR) is 54.7 cm³/mol. The first kappa shape index (κ1) is 9.09. The number of benzene rings is 1. The van der Waals surface area contributed by atoms with Crippen molar-refractivity contribution >= 4 is 28.5 Å². The van der Waals surface area contributed by atoms with E-state index >= 15 is 0 Å². The molecule has 72 valence electrons. The van der Waals surface area contributed by atoms with Crippen LogP contribution in [0.15, 0.2) is 30.5 Å². The maximum Gasteiger partial charge on any atom is 0.326 e. The number of H-pyrrole nitrogens is 1. The van der Waals surface area contributed by atoms with Crippen molar-refractivity contribution in [2.45, 2.75) is 0 Å². The minimum Gasteiger partial charge on any atom is -0.426 e. The molecule has 4 heteroatoms. The number of aromatic nitrogens is 1. The summed E-state index contributed by atoms with van der Waals surface area (Å²) in [6.07, 6.45) is 1.83. The van der Waals surface area contributed by atoms with E-state index in [2.05, 4.69) is 4.98 Å². The van der Waals surface area contributed by atoms with Gasteiger partial charge in [0.15, 0.2) is 0 Å². The smallest absolute Gasteiger partial charge is 0.326 e. The molecule has 1 aromatic carbocycles. The summed E-state index contributed by atoms with van der Waals surface area (Å²) in [5.74, 6) is -0.0603. The fourth-order valence-corrected chi connectivity index (χ4v) is 1.31. The van der Waals surface area contributed by atoms with E-state index < -0.39 is 5.97 Å². The van der Waals surface area contributed by atoms with Gasteiger partial charge in [0, 0.05) is 17.1 Å². The van der Waals surface area contributed by atoms with Crippen LogP contribution < -0.4 is 4.74 Å². The van der Waals surface area contributed by atoms with Gasteiger partial charge in [0.1, 0.15) is 11.6 Å². The highest BCUT2D eigenvalue weighted by Gasteiger charge is 2.03. The maximum atomic E-state index is 10.9. The number of carbonyl (C=O) groups is 1. The summed E-state index contributed by atoms with van der Waals surface area (Å²) < 4.78 is 4.96. The fourth-order valence-electron chi connectivity index (χ4n) is 1.25. The number of alkyl halides is 1. The molecule has 0 saturated heterocycles. The lowest BCUT2D eigenvalue weighted by Crippen LogP contribution is -2.08. The average Bonchev–Trinajstić information content (AvgIpc) is 2.64. The molecule has 3 nitrogen and oxygen atoms in total. The summed E-state index contributed by atoms with van der Waals surface area (Å²) in [6.45, 7) is 0. The van der Waals surface area contributed by atoms with Gasteiger partial charge in [-0.3, -0.25) is 4.79 Å². The predicted octanol–water partition coefficient (Wildman–Crippen LogP) is 2.31. The summed E-state index contributed by atoms with van der Waals surface area (Å²) in [5, 5.41) is 1.00. The molecular weight excluding hydrogens is 202 g/mol. The zero-order chi connectivity index (χ0) is 9.97. The maximum absolute atomic E-state index is 10.9. The van der Waals surface area contributed by atoms with E-state index in [0.29, 0.717) is 5.75 Å². The number of rotatable bonds is 2. The molecule has 0 aliphatic rings. The van der Waals surface area contributed by atoms with Crippen LogP contribution in [0.1, 0.15) is 0 Å². The number of carbonyl (C=O) groups excluding carboxylic acids is 1. The van der Waals surface area contributed by atoms with Crippen molar-refractivity contribution in [1.29, 1.82) is 0 Å². The molecule has 2 aromatic rings. The van der Waals surface area contributed by atoms with Gasteiger partial charge in [-0.2, -0.15) is 0 Å². The first-order chi connectivity index (χ1) is 6.79. The third kappa shape index (κ3) is 1.72. The number of ether oxygens (including phenoxy) is 1. The van der Waals surface area contributed by atoms with Crippen molar-refractivity contribution in [3.8, 4) is 5.75 Å². The number of halogens is 1. The van der Waals surface area contributed by atoms with Crippen LogP contribution in [0.4, 0.5) is 0 Å². The Morgan fingerprint density at radius 3 is 3.07 bits per heavy atom. The molecule has 14 heavy (non-hydrogen) atoms. The molecule has 1 heterocycles. The Kier molecular flexibility index (Phi) is 2.41. The summed E-state index contributed by atoms with van der Waals surface area (Å²) >= 11 is 5.32. The normalized spacial score (nSPS) is 10.4. The summed E-state index contributed by atoms with van der Waals surface area (Å²) in [6, 6.07) is 7.28. The molecular formula is C10H8ClNO2. The van der Waals surface area contributed by atoms with E-state index in [1.54, 1.807) is 12.1 Å². The lowest BCUT2D eigenvalue weighted by atomic mass is 10.2. The van der Waals surface area contributed by atoms with Crippen molar-refractivity contribution < 1.29 is 9.53 Å². The van der Waals surface area contributed by atoms with Gasteiger partial charge >= 0.3 is 5.97 Å². The molecule has 0 saturated carbocycles. The highest BCUT2D eigenvalue weighted by molar-refractivity contribution is 6.26. The molecule has 0 radical (unpaired) electrons. The van der Waals surface area contributed by atoms with Crippen LogP contribution in [0.5, 0.6) is 5.75 Å². The van der Waals surface area contributed by atoms with E-state index in [1.807, 2.05) is 18.3 Å². The molecule has 2 rings (SSSR count). The SMILES string of the molecule is O=C(CCl)Oc1ccc2[nH]ccc2c1. The number of aromatic amines is 1. The fraction of sp³-hybridized carbons (Fsp3) is 0.100. The Balaban J connectivity index is 2.30. The molecule has 0 atom stereocenters. The minimum atomic E-state index is -0.443. The molecule has 0 bridgehead atoms. The third-order valence-corrected chi connectivity index (χ3v) is 2.08. The second-order valence-corrected chi connectivity index (χ2v) is 3.10. The van der Waals surface area contributed by atoms with E-state index in [9.17, 15) is 4.79 Å². The van der Waals surface area contributed by atoms with Gasteiger partial charge < -0.3 is 9.72 Å². The number of hydrogen-bond acceptors (Lipinski definition) is 2. The first-order valence-electron chi connectivity index (χ1n) is 4.13. The van der Waals surface area contributed by atoms with Crippen molar-refractivity contribution in [1.82, 2.24) is 4.98 Å². The highest BCUT2D eigenvalue weighted by Crippen LogP contribution is 2.19. The van der Waals surface area contributed by atoms with E-state index in [-0.39, 0.29) is 5.88 Å². The summed E-state index contributed by atoms with van der Waals surface area (Å²) in [4.78, 5) is 13.9. The van der Waals surface area contributed by atoms with E-state index in [0.717, 1.165) is 10.9 Å². The number of hydrogen-bond donors (Lipinski definition) is 1. The Labute approximate surface area is 85.6 Å². The highest BCUT2D eigenvalue weighted by atomic mass is 35.5. The lowest BCUT2D eigenvalue weighted by molar-refractivity contribution is -0.131. The van der Waals surface area contributed by atoms with Crippen LogP contribution in [0.3, 0.4) is 0 Å². The Morgan fingerprint density at radius 1 is 1.43 bits per heavy atom. The van der Waals surface area contributed by atoms with Crippen LogP contribution >= 0.6 is 11.6 Å². The Morgan fingerprint density at radius 2 is 2.29 bits per heavy atom. The van der Waals surface area contributed by atoms with Crippen LogP contribution in [-0.2, 0) is 4.79 Å². The minimum absolute atomic E-state index is 0.134. The standard InChI is InChI=1S/C10H8ClNO2/c11-6-10(13)14-8-1-2-9-7(5-8)3-4-12-9/h1-5,12H,6H2. The quantitative estimate of drug-likeness (QED) is 0.469. The second kappa shape index (κ2) is 3.72. The molecule has 1 aromatic heterocycles. The van der Waals surface area contributed by atoms with Gasteiger partial charge in [0.05, 0.1) is 0 Å². The molecule has 0 spiro atoms. The molecule has 0 amide bonds. The lowest BCUT2D eigenvalue weighted by Gasteiger charge is -2.01. The van der Waals surface area contributed by atoms with E-state index in [4.69, 9.17) is 16.3 Å². The molecule has 0 aliphatic carbocycles. The Bertz CT molecular complexity index is 464. The van der Waals surface area contributed by atoms with Gasteiger partial charge in [-0.25, -0.2) is 0 Å². The zero-order valence-corrected chi connectivity index (χ0v) is 8.04. The topological polar surface area (TPSA) is 42.1 Å². The van der Waals surface area contributed by atoms with Crippen molar-refractivity contribution in [2.75, 3.05) is 5.88 Å². The second-order valence-electron chi connectivity index (χ2n) is 2.83. The average molecular weight is 210 g/mol. The Hall–Kier alpha value is -1.48. The van der Waals surface area contributed by atoms with Crippen LogP contribution in [-0.4, -0.2) is 16.8 Å². The number of esters is 1. The van der Waals surface area contributed by atoms with Crippen molar-refractivity contribution in [2.24, 2.45) is 0 Å². The van der Waals surface area contributed by atoms with Gasteiger partial charge in [0.2, 0.25) is 0 Å². The molecule has 0 unspecified atom stereocenters. The summed E-state index contributed by atoms with van der Waals surface area (Å²) in [5.41, 5.74) is 1.01.